The maximum atomic E-state index is 12.1. The molecule has 2 atom stereocenters. The maximum absolute atomic E-state index is 12.1. The summed E-state index contributed by atoms with van der Waals surface area (Å²) in [6.45, 7) is 4.35. The molecule has 196 valence electrons. The number of unbranched alkanes of at least 4 members (excludes halogenated alkanes) is 16. The van der Waals surface area contributed by atoms with Crippen LogP contribution in [0.1, 0.15) is 149 Å². The first kappa shape index (κ1) is 32.8. The average molecular weight is 485 g/mol. The van der Waals surface area contributed by atoms with Crippen molar-refractivity contribution in [1.82, 2.24) is 0 Å². The molecular weight excluding hydrogens is 425 g/mol. The number of hydrogen-bond acceptors (Lipinski definition) is 2. The Balaban J connectivity index is 3.56. The number of nitrogens with zero attached hydrogens (tertiary/aromatic N) is 1. The first-order chi connectivity index (χ1) is 15.8. The second-order valence-corrected chi connectivity index (χ2v) is 12.5. The van der Waals surface area contributed by atoms with Gasteiger partial charge in [-0.3, -0.25) is 4.48 Å². The molecule has 0 saturated carbocycles. The highest BCUT2D eigenvalue weighted by Crippen LogP contribution is 2.45. The van der Waals surface area contributed by atoms with Crippen LogP contribution in [0.2, 0.25) is 0 Å². The molecule has 0 rings (SSSR count). The molecule has 0 radical (unpaired) electrons. The van der Waals surface area contributed by atoms with E-state index in [9.17, 15) is 9.46 Å². The van der Waals surface area contributed by atoms with Crippen molar-refractivity contribution in [3.63, 3.8) is 0 Å². The van der Waals surface area contributed by atoms with E-state index in [2.05, 4.69) is 26.0 Å². The maximum Gasteiger partial charge on any atom is 0.376 e. The van der Waals surface area contributed by atoms with Gasteiger partial charge in [0.2, 0.25) is 0 Å². The fraction of sp³-hybridized carbons (Fsp3) is 0.931. The lowest BCUT2D eigenvalue weighted by Crippen LogP contribution is -2.55. The van der Waals surface area contributed by atoms with Crippen LogP contribution in [0.5, 0.6) is 0 Å². The molecule has 0 aromatic heterocycles. The highest BCUT2D eigenvalue weighted by atomic mass is 31.1. The van der Waals surface area contributed by atoms with Crippen LogP contribution >= 0.6 is 8.03 Å². The lowest BCUT2D eigenvalue weighted by atomic mass is 9.99. The molecule has 0 aliphatic carbocycles. The van der Waals surface area contributed by atoms with Crippen LogP contribution in [0.25, 0.3) is 0 Å². The van der Waals surface area contributed by atoms with Gasteiger partial charge in [0, 0.05) is 12.8 Å². The summed E-state index contributed by atoms with van der Waals surface area (Å²) in [5.74, 6) is 0. The van der Waals surface area contributed by atoms with Crippen molar-refractivity contribution in [2.75, 3.05) is 21.1 Å². The molecule has 0 aromatic carbocycles. The molecule has 0 aliphatic heterocycles. The quantitative estimate of drug-likeness (QED) is 0.0592. The second-order valence-electron chi connectivity index (χ2n) is 11.1. The molecule has 33 heavy (non-hydrogen) atoms. The molecule has 0 heterocycles. The molecule has 0 aromatic rings. The van der Waals surface area contributed by atoms with Crippen molar-refractivity contribution in [1.29, 1.82) is 0 Å². The first-order valence-corrected chi connectivity index (χ1v) is 15.6. The second kappa shape index (κ2) is 21.1. The summed E-state index contributed by atoms with van der Waals surface area (Å²) in [6, 6.07) is 0. The minimum atomic E-state index is -2.42. The van der Waals surface area contributed by atoms with Gasteiger partial charge in [-0.25, -0.2) is 0 Å². The van der Waals surface area contributed by atoms with Crippen molar-refractivity contribution in [3.05, 3.63) is 12.2 Å². The van der Waals surface area contributed by atoms with Crippen molar-refractivity contribution in [3.8, 4) is 0 Å². The number of quaternary nitrogens is 1. The molecular formula is C29H59NO2P+. The number of hydrogen-bond donors (Lipinski definition) is 0. The smallest absolute Gasteiger partial charge is 0.376 e. The van der Waals surface area contributed by atoms with E-state index < -0.39 is 13.3 Å². The SMILES string of the molecule is CCCC/C=C\CCCCCCCCCCCCCCCCC(CCC)([P+](=O)[O-])[N+](C)(C)C. The zero-order valence-electron chi connectivity index (χ0n) is 23.2. The van der Waals surface area contributed by atoms with Gasteiger partial charge in [-0.15, -0.1) is 0 Å². The van der Waals surface area contributed by atoms with E-state index in [0.29, 0.717) is 4.48 Å². The van der Waals surface area contributed by atoms with E-state index in [1.165, 1.54) is 109 Å². The Morgan fingerprint density at radius 3 is 1.36 bits per heavy atom. The molecule has 0 spiro atoms. The third-order valence-corrected chi connectivity index (χ3v) is 9.05. The van der Waals surface area contributed by atoms with Crippen LogP contribution in [-0.2, 0) is 4.57 Å². The van der Waals surface area contributed by atoms with E-state index in [1.54, 1.807) is 0 Å². The monoisotopic (exact) mass is 484 g/mol. The lowest BCUT2D eigenvalue weighted by molar-refractivity contribution is -0.910. The van der Waals surface area contributed by atoms with Crippen molar-refractivity contribution >= 4 is 8.03 Å². The van der Waals surface area contributed by atoms with Crippen molar-refractivity contribution < 1.29 is 13.9 Å². The Hall–Kier alpha value is -0.240. The third-order valence-electron chi connectivity index (χ3n) is 7.33. The molecule has 2 unspecified atom stereocenters. The molecule has 0 saturated heterocycles. The Morgan fingerprint density at radius 2 is 1.00 bits per heavy atom. The van der Waals surface area contributed by atoms with Gasteiger partial charge in [-0.2, -0.15) is 0 Å². The average Bonchev–Trinajstić information content (AvgIpc) is 2.76. The summed E-state index contributed by atoms with van der Waals surface area (Å²) in [4.78, 5) is 12.1. The molecule has 3 nitrogen and oxygen atoms in total. The molecule has 0 aliphatic rings. The van der Waals surface area contributed by atoms with Crippen LogP contribution in [0.3, 0.4) is 0 Å². The fourth-order valence-electron chi connectivity index (χ4n) is 4.97. The van der Waals surface area contributed by atoms with Gasteiger partial charge in [0.1, 0.15) is 0 Å². The zero-order chi connectivity index (χ0) is 24.8. The van der Waals surface area contributed by atoms with Gasteiger partial charge in [-0.05, 0) is 32.1 Å². The van der Waals surface area contributed by atoms with Gasteiger partial charge >= 0.3 is 8.03 Å². The summed E-state index contributed by atoms with van der Waals surface area (Å²) in [6.07, 6.45) is 31.1. The van der Waals surface area contributed by atoms with Crippen LogP contribution in [0.4, 0.5) is 0 Å². The molecule has 0 fully saturated rings. The zero-order valence-corrected chi connectivity index (χ0v) is 24.1. The molecule has 0 amide bonds. The van der Waals surface area contributed by atoms with Crippen LogP contribution in [0, 0.1) is 0 Å². The highest BCUT2D eigenvalue weighted by molar-refractivity contribution is 7.38. The predicted molar refractivity (Wildman–Crippen MR) is 146 cm³/mol. The summed E-state index contributed by atoms with van der Waals surface area (Å²) in [5, 5.41) is -0.588. The summed E-state index contributed by atoms with van der Waals surface area (Å²) in [7, 11) is 3.69. The lowest BCUT2D eigenvalue weighted by Gasteiger charge is -2.39. The molecule has 4 heteroatoms. The Bertz CT molecular complexity index is 487. The van der Waals surface area contributed by atoms with Gasteiger partial charge in [0.25, 0.3) is 5.28 Å². The normalized spacial score (nSPS) is 14.7. The summed E-state index contributed by atoms with van der Waals surface area (Å²) < 4.78 is 12.6. The van der Waals surface area contributed by atoms with E-state index in [1.807, 2.05) is 21.1 Å². The van der Waals surface area contributed by atoms with Gasteiger partial charge in [0.15, 0.2) is 0 Å². The number of allylic oxidation sites excluding steroid dienone is 2. The van der Waals surface area contributed by atoms with Crippen LogP contribution in [-0.4, -0.2) is 30.9 Å². The first-order valence-electron chi connectivity index (χ1n) is 14.4. The largest absolute Gasteiger partial charge is 0.590 e. The van der Waals surface area contributed by atoms with Crippen LogP contribution < -0.4 is 4.89 Å². The van der Waals surface area contributed by atoms with Crippen molar-refractivity contribution in [2.24, 2.45) is 0 Å². The summed E-state index contributed by atoms with van der Waals surface area (Å²) in [5.41, 5.74) is 0. The van der Waals surface area contributed by atoms with Gasteiger partial charge in [-0.1, -0.05) is 120 Å². The number of rotatable bonds is 24. The Kier molecular flexibility index (Phi) is 20.9. The Morgan fingerprint density at radius 1 is 0.606 bits per heavy atom. The minimum absolute atomic E-state index is 0.524. The van der Waals surface area contributed by atoms with E-state index in [0.717, 1.165) is 25.7 Å². The standard InChI is InChI=1S/C29H59NO2P/c1-6-8-9-10-11-12-13-14-15-16-17-18-19-20-21-22-23-24-25-26-28-29(27-7-2,33(31)32)30(3,4)5/h10-11H,6-9,12-28H2,1-5H3/q+1/b11-10-. The third kappa shape index (κ3) is 16.1. The van der Waals surface area contributed by atoms with E-state index in [4.69, 9.17) is 0 Å². The fourth-order valence-corrected chi connectivity index (χ4v) is 6.21. The topological polar surface area (TPSA) is 40.1 Å². The van der Waals surface area contributed by atoms with Crippen LogP contribution in [0.15, 0.2) is 12.2 Å². The predicted octanol–water partition coefficient (Wildman–Crippen LogP) is 9.28. The van der Waals surface area contributed by atoms with E-state index >= 15 is 0 Å². The molecule has 0 bridgehead atoms. The van der Waals surface area contributed by atoms with Crippen molar-refractivity contribution in [2.45, 2.75) is 154 Å². The van der Waals surface area contributed by atoms with Gasteiger partial charge in [0.05, 0.1) is 21.1 Å². The molecule has 0 N–H and O–H groups in total. The summed E-state index contributed by atoms with van der Waals surface area (Å²) >= 11 is 0. The highest BCUT2D eigenvalue weighted by Gasteiger charge is 2.53. The van der Waals surface area contributed by atoms with E-state index in [-0.39, 0.29) is 0 Å². The Labute approximate surface area is 209 Å². The van der Waals surface area contributed by atoms with Gasteiger partial charge < -0.3 is 4.89 Å². The minimum Gasteiger partial charge on any atom is -0.590 e.